The number of nitrogens with zero attached hydrogens (tertiary/aromatic N) is 1. The van der Waals surface area contributed by atoms with Crippen LogP contribution in [0, 0.1) is 0 Å². The first kappa shape index (κ1) is 17.5. The van der Waals surface area contributed by atoms with Crippen molar-refractivity contribution >= 4 is 17.6 Å². The summed E-state index contributed by atoms with van der Waals surface area (Å²) in [5, 5.41) is 8.58. The van der Waals surface area contributed by atoms with Crippen molar-refractivity contribution in [3.8, 4) is 5.75 Å². The van der Waals surface area contributed by atoms with Gasteiger partial charge < -0.3 is 14.7 Å². The molecule has 1 amide bonds. The van der Waals surface area contributed by atoms with E-state index in [1.165, 1.54) is 5.56 Å². The van der Waals surface area contributed by atoms with Crippen LogP contribution in [0.2, 0.25) is 0 Å². The molecule has 0 saturated heterocycles. The molecular weight excluding hydrogens is 306 g/mol. The number of carboxylic acid groups (broad SMARTS) is 1. The summed E-state index contributed by atoms with van der Waals surface area (Å²) in [6.07, 6.45) is 2.15. The highest BCUT2D eigenvalue weighted by Crippen LogP contribution is 2.19. The quantitative estimate of drug-likeness (QED) is 0.809. The van der Waals surface area contributed by atoms with Crippen molar-refractivity contribution in [2.75, 3.05) is 18.6 Å². The Labute approximate surface area is 141 Å². The third kappa shape index (κ3) is 5.43. The molecular formula is C19H21NO4. The first-order valence-electron chi connectivity index (χ1n) is 7.81. The first-order chi connectivity index (χ1) is 11.6. The van der Waals surface area contributed by atoms with Crippen LogP contribution in [0.1, 0.15) is 18.4 Å². The van der Waals surface area contributed by atoms with Crippen LogP contribution in [0.25, 0.3) is 0 Å². The Balaban J connectivity index is 1.82. The molecule has 0 aliphatic carbocycles. The Bertz CT molecular complexity index is 668. The summed E-state index contributed by atoms with van der Waals surface area (Å²) in [4.78, 5) is 24.3. The van der Waals surface area contributed by atoms with E-state index >= 15 is 0 Å². The normalized spacial score (nSPS) is 10.2. The molecule has 0 saturated carbocycles. The molecule has 5 nitrogen and oxygen atoms in total. The predicted molar refractivity (Wildman–Crippen MR) is 92.4 cm³/mol. The molecule has 2 rings (SSSR count). The number of aryl methyl sites for hydroxylation is 1. The maximum Gasteiger partial charge on any atom is 0.341 e. The number of anilines is 1. The molecule has 0 radical (unpaired) electrons. The number of benzene rings is 2. The largest absolute Gasteiger partial charge is 0.482 e. The monoisotopic (exact) mass is 327 g/mol. The number of amides is 1. The Morgan fingerprint density at radius 3 is 2.33 bits per heavy atom. The van der Waals surface area contributed by atoms with Gasteiger partial charge in [0.25, 0.3) is 0 Å². The minimum atomic E-state index is -1.02. The lowest BCUT2D eigenvalue weighted by Gasteiger charge is -2.17. The summed E-state index contributed by atoms with van der Waals surface area (Å²) in [6, 6.07) is 16.9. The fraction of sp³-hybridized carbons (Fsp3) is 0.263. The summed E-state index contributed by atoms with van der Waals surface area (Å²) in [5.74, 6) is -0.513. The maximum atomic E-state index is 12.3. The lowest BCUT2D eigenvalue weighted by molar-refractivity contribution is -0.139. The Morgan fingerprint density at radius 2 is 1.71 bits per heavy atom. The third-order valence-electron chi connectivity index (χ3n) is 3.66. The Kier molecular flexibility index (Phi) is 6.37. The number of ether oxygens (including phenoxy) is 1. The van der Waals surface area contributed by atoms with Gasteiger partial charge in [0.05, 0.1) is 0 Å². The Morgan fingerprint density at radius 1 is 1.04 bits per heavy atom. The number of rotatable bonds is 8. The highest BCUT2D eigenvalue weighted by molar-refractivity contribution is 5.92. The average Bonchev–Trinajstić information content (AvgIpc) is 2.60. The van der Waals surface area contributed by atoms with Crippen molar-refractivity contribution in [3.63, 3.8) is 0 Å². The van der Waals surface area contributed by atoms with E-state index in [2.05, 4.69) is 12.1 Å². The van der Waals surface area contributed by atoms with Crippen LogP contribution in [-0.4, -0.2) is 30.6 Å². The molecule has 0 spiro atoms. The fourth-order valence-corrected chi connectivity index (χ4v) is 2.31. The lowest BCUT2D eigenvalue weighted by atomic mass is 10.1. The van der Waals surface area contributed by atoms with Crippen LogP contribution in [0.4, 0.5) is 5.69 Å². The molecule has 2 aromatic carbocycles. The van der Waals surface area contributed by atoms with Crippen LogP contribution in [-0.2, 0) is 16.0 Å². The van der Waals surface area contributed by atoms with Crippen molar-refractivity contribution in [1.29, 1.82) is 0 Å². The minimum absolute atomic E-state index is 0.0464. The van der Waals surface area contributed by atoms with E-state index in [0.29, 0.717) is 12.2 Å². The molecule has 1 N–H and O–H groups in total. The summed E-state index contributed by atoms with van der Waals surface area (Å²) < 4.78 is 5.07. The summed E-state index contributed by atoms with van der Waals surface area (Å²) in [6.45, 7) is -0.381. The molecule has 0 aromatic heterocycles. The standard InChI is InChI=1S/C19H21NO4/c1-20(16-10-12-17(13-11-16)24-14-19(22)23)18(21)9-5-8-15-6-3-2-4-7-15/h2-4,6-7,10-13H,5,8-9,14H2,1H3,(H,22,23). The van der Waals surface area contributed by atoms with Gasteiger partial charge in [0.2, 0.25) is 5.91 Å². The van der Waals surface area contributed by atoms with E-state index in [0.717, 1.165) is 18.5 Å². The van der Waals surface area contributed by atoms with Gasteiger partial charge in [-0.25, -0.2) is 4.79 Å². The van der Waals surface area contributed by atoms with Crippen LogP contribution in [0.3, 0.4) is 0 Å². The van der Waals surface area contributed by atoms with E-state index in [-0.39, 0.29) is 12.5 Å². The van der Waals surface area contributed by atoms with Gasteiger partial charge >= 0.3 is 5.97 Å². The maximum absolute atomic E-state index is 12.3. The Hall–Kier alpha value is -2.82. The molecule has 0 unspecified atom stereocenters. The minimum Gasteiger partial charge on any atom is -0.482 e. The predicted octanol–water partition coefficient (Wildman–Crippen LogP) is 3.14. The van der Waals surface area contributed by atoms with Gasteiger partial charge in [-0.05, 0) is 42.7 Å². The smallest absolute Gasteiger partial charge is 0.341 e. The number of carbonyl (C=O) groups is 2. The van der Waals surface area contributed by atoms with Gasteiger partial charge in [-0.15, -0.1) is 0 Å². The summed E-state index contributed by atoms with van der Waals surface area (Å²) in [7, 11) is 1.73. The van der Waals surface area contributed by atoms with Gasteiger partial charge in [0.1, 0.15) is 5.75 Å². The molecule has 126 valence electrons. The summed E-state index contributed by atoms with van der Waals surface area (Å²) >= 11 is 0. The second kappa shape index (κ2) is 8.72. The zero-order chi connectivity index (χ0) is 17.4. The van der Waals surface area contributed by atoms with E-state index in [4.69, 9.17) is 9.84 Å². The van der Waals surface area contributed by atoms with Gasteiger partial charge in [-0.3, -0.25) is 4.79 Å². The molecule has 0 heterocycles. The molecule has 5 heteroatoms. The van der Waals surface area contributed by atoms with Gasteiger partial charge in [-0.1, -0.05) is 30.3 Å². The second-order valence-electron chi connectivity index (χ2n) is 5.47. The van der Waals surface area contributed by atoms with Crippen molar-refractivity contribution in [2.45, 2.75) is 19.3 Å². The van der Waals surface area contributed by atoms with Crippen molar-refractivity contribution in [1.82, 2.24) is 0 Å². The number of carbonyl (C=O) groups excluding carboxylic acids is 1. The zero-order valence-electron chi connectivity index (χ0n) is 13.6. The molecule has 0 bridgehead atoms. The van der Waals surface area contributed by atoms with Crippen LogP contribution >= 0.6 is 0 Å². The van der Waals surface area contributed by atoms with Crippen LogP contribution in [0.15, 0.2) is 54.6 Å². The molecule has 2 aromatic rings. The topological polar surface area (TPSA) is 66.8 Å². The molecule has 24 heavy (non-hydrogen) atoms. The highest BCUT2D eigenvalue weighted by atomic mass is 16.5. The SMILES string of the molecule is CN(C(=O)CCCc1ccccc1)c1ccc(OCC(=O)O)cc1. The van der Waals surface area contributed by atoms with Crippen molar-refractivity contribution < 1.29 is 19.4 Å². The van der Waals surface area contributed by atoms with E-state index in [1.54, 1.807) is 36.2 Å². The lowest BCUT2D eigenvalue weighted by Crippen LogP contribution is -2.25. The number of aliphatic carboxylic acids is 1. The van der Waals surface area contributed by atoms with E-state index < -0.39 is 5.97 Å². The highest BCUT2D eigenvalue weighted by Gasteiger charge is 2.11. The molecule has 0 fully saturated rings. The molecule has 0 aliphatic rings. The molecule has 0 atom stereocenters. The van der Waals surface area contributed by atoms with Gasteiger partial charge in [0, 0.05) is 19.2 Å². The zero-order valence-corrected chi connectivity index (χ0v) is 13.6. The van der Waals surface area contributed by atoms with E-state index in [9.17, 15) is 9.59 Å². The van der Waals surface area contributed by atoms with Crippen LogP contribution in [0.5, 0.6) is 5.75 Å². The van der Waals surface area contributed by atoms with Crippen LogP contribution < -0.4 is 9.64 Å². The summed E-state index contributed by atoms with van der Waals surface area (Å²) in [5.41, 5.74) is 1.98. The third-order valence-corrected chi connectivity index (χ3v) is 3.66. The number of hydrogen-bond donors (Lipinski definition) is 1. The van der Waals surface area contributed by atoms with Crippen molar-refractivity contribution in [3.05, 3.63) is 60.2 Å². The fourth-order valence-electron chi connectivity index (χ4n) is 2.31. The molecule has 0 aliphatic heterocycles. The number of hydrogen-bond acceptors (Lipinski definition) is 3. The van der Waals surface area contributed by atoms with E-state index in [1.807, 2.05) is 18.2 Å². The van der Waals surface area contributed by atoms with Gasteiger partial charge in [-0.2, -0.15) is 0 Å². The van der Waals surface area contributed by atoms with Gasteiger partial charge in [0.15, 0.2) is 6.61 Å². The number of carboxylic acids is 1. The average molecular weight is 327 g/mol. The second-order valence-corrected chi connectivity index (χ2v) is 5.47. The van der Waals surface area contributed by atoms with Crippen molar-refractivity contribution in [2.24, 2.45) is 0 Å². The first-order valence-corrected chi connectivity index (χ1v) is 7.81.